The van der Waals surface area contributed by atoms with Gasteiger partial charge in [-0.1, -0.05) is 30.7 Å². The first-order valence-electron chi connectivity index (χ1n) is 6.59. The Morgan fingerprint density at radius 3 is 2.86 bits per heavy atom. The summed E-state index contributed by atoms with van der Waals surface area (Å²) < 4.78 is 0. The van der Waals surface area contributed by atoms with E-state index in [1.807, 2.05) is 32.0 Å². The van der Waals surface area contributed by atoms with Crippen LogP contribution in [0.4, 0.5) is 5.13 Å². The average molecular weight is 325 g/mol. The number of aliphatic carboxylic acids is 1. The van der Waals surface area contributed by atoms with Crippen molar-refractivity contribution in [2.45, 2.75) is 26.2 Å². The van der Waals surface area contributed by atoms with Crippen LogP contribution < -0.4 is 5.32 Å². The zero-order chi connectivity index (χ0) is 15.6. The second kappa shape index (κ2) is 6.45. The Bertz CT molecular complexity index is 670. The molecule has 0 saturated heterocycles. The number of benzene rings is 1. The van der Waals surface area contributed by atoms with Gasteiger partial charge >= 0.3 is 5.97 Å². The van der Waals surface area contributed by atoms with E-state index in [9.17, 15) is 4.79 Å². The van der Waals surface area contributed by atoms with Crippen molar-refractivity contribution < 1.29 is 9.90 Å². The quantitative estimate of drug-likeness (QED) is 0.856. The highest BCUT2D eigenvalue weighted by molar-refractivity contribution is 7.16. The number of carbonyl (C=O) groups is 1. The van der Waals surface area contributed by atoms with Crippen LogP contribution in [0.2, 0.25) is 5.02 Å². The zero-order valence-corrected chi connectivity index (χ0v) is 13.7. The number of nitrogens with zero attached hydrogens (tertiary/aromatic N) is 1. The molecule has 2 rings (SSSR count). The number of anilines is 1. The van der Waals surface area contributed by atoms with Crippen molar-refractivity contribution in [1.82, 2.24) is 4.98 Å². The van der Waals surface area contributed by atoms with Gasteiger partial charge in [0.15, 0.2) is 5.13 Å². The second-order valence-corrected chi connectivity index (χ2v) is 6.33. The SMILES string of the molecule is CNc1nc(-c2cccc(Cl)c2C)c(C(C)CC(=O)O)s1. The predicted molar refractivity (Wildman–Crippen MR) is 87.5 cm³/mol. The summed E-state index contributed by atoms with van der Waals surface area (Å²) >= 11 is 7.68. The molecule has 0 aliphatic heterocycles. The lowest BCUT2D eigenvalue weighted by molar-refractivity contribution is -0.137. The van der Waals surface area contributed by atoms with E-state index in [4.69, 9.17) is 16.7 Å². The Morgan fingerprint density at radius 2 is 2.24 bits per heavy atom. The molecule has 0 aliphatic rings. The third-order valence-corrected chi connectivity index (χ3v) is 5.03. The molecule has 1 heterocycles. The first-order valence-corrected chi connectivity index (χ1v) is 7.79. The molecule has 1 unspecified atom stereocenters. The maximum absolute atomic E-state index is 11.0. The van der Waals surface area contributed by atoms with Gasteiger partial charge in [-0.05, 0) is 18.6 Å². The molecule has 112 valence electrons. The number of halogens is 1. The van der Waals surface area contributed by atoms with E-state index in [0.29, 0.717) is 5.02 Å². The Hall–Kier alpha value is -1.59. The molecular formula is C15H17ClN2O2S. The molecule has 2 N–H and O–H groups in total. The van der Waals surface area contributed by atoms with Crippen molar-refractivity contribution in [3.63, 3.8) is 0 Å². The fraction of sp³-hybridized carbons (Fsp3) is 0.333. The van der Waals surface area contributed by atoms with Crippen molar-refractivity contribution >= 4 is 34.0 Å². The smallest absolute Gasteiger partial charge is 0.303 e. The Labute approximate surface area is 132 Å². The predicted octanol–water partition coefficient (Wildman–Crippen LogP) is 4.39. The summed E-state index contributed by atoms with van der Waals surface area (Å²) in [4.78, 5) is 16.5. The summed E-state index contributed by atoms with van der Waals surface area (Å²) in [5.41, 5.74) is 2.72. The number of hydrogen-bond acceptors (Lipinski definition) is 4. The summed E-state index contributed by atoms with van der Waals surface area (Å²) in [6.45, 7) is 3.85. The average Bonchev–Trinajstić information content (AvgIpc) is 2.85. The van der Waals surface area contributed by atoms with Gasteiger partial charge in [-0.3, -0.25) is 4.79 Å². The molecule has 0 spiro atoms. The molecule has 1 aromatic heterocycles. The molecule has 0 saturated carbocycles. The van der Waals surface area contributed by atoms with E-state index in [0.717, 1.165) is 26.8 Å². The van der Waals surface area contributed by atoms with Gasteiger partial charge in [0.1, 0.15) is 0 Å². The Morgan fingerprint density at radius 1 is 1.52 bits per heavy atom. The van der Waals surface area contributed by atoms with Crippen molar-refractivity contribution in [1.29, 1.82) is 0 Å². The van der Waals surface area contributed by atoms with Crippen LogP contribution in [0.1, 0.15) is 29.7 Å². The molecule has 6 heteroatoms. The molecule has 0 fully saturated rings. The normalized spacial score (nSPS) is 12.2. The zero-order valence-electron chi connectivity index (χ0n) is 12.1. The van der Waals surface area contributed by atoms with E-state index < -0.39 is 5.97 Å². The maximum Gasteiger partial charge on any atom is 0.303 e. The van der Waals surface area contributed by atoms with E-state index >= 15 is 0 Å². The largest absolute Gasteiger partial charge is 0.481 e. The third kappa shape index (κ3) is 3.36. The summed E-state index contributed by atoms with van der Waals surface area (Å²) in [6, 6.07) is 5.69. The highest BCUT2D eigenvalue weighted by Gasteiger charge is 2.21. The fourth-order valence-corrected chi connectivity index (χ4v) is 3.34. The maximum atomic E-state index is 11.0. The third-order valence-electron chi connectivity index (χ3n) is 3.32. The highest BCUT2D eigenvalue weighted by atomic mass is 35.5. The monoisotopic (exact) mass is 324 g/mol. The number of aromatic nitrogens is 1. The van der Waals surface area contributed by atoms with Crippen molar-refractivity contribution in [2.24, 2.45) is 0 Å². The van der Waals surface area contributed by atoms with Gasteiger partial charge in [0.25, 0.3) is 0 Å². The Kier molecular flexibility index (Phi) is 4.85. The molecule has 0 bridgehead atoms. The number of hydrogen-bond donors (Lipinski definition) is 2. The van der Waals surface area contributed by atoms with Gasteiger partial charge in [0.2, 0.25) is 0 Å². The lowest BCUT2D eigenvalue weighted by Gasteiger charge is -2.11. The molecule has 0 radical (unpaired) electrons. The van der Waals surface area contributed by atoms with Crippen molar-refractivity contribution in [3.8, 4) is 11.3 Å². The number of rotatable bonds is 5. The summed E-state index contributed by atoms with van der Waals surface area (Å²) in [5, 5.41) is 13.5. The van der Waals surface area contributed by atoms with E-state index in [2.05, 4.69) is 10.3 Å². The van der Waals surface area contributed by atoms with Crippen LogP contribution >= 0.6 is 22.9 Å². The van der Waals surface area contributed by atoms with Gasteiger partial charge in [-0.25, -0.2) is 4.98 Å². The molecular weight excluding hydrogens is 308 g/mol. The van der Waals surface area contributed by atoms with E-state index in [1.165, 1.54) is 11.3 Å². The van der Waals surface area contributed by atoms with Crippen LogP contribution in [0.15, 0.2) is 18.2 Å². The number of carboxylic acid groups (broad SMARTS) is 1. The standard InChI is InChI=1S/C15H17ClN2O2S/c1-8(7-12(19)20)14-13(18-15(17-3)21-14)10-5-4-6-11(16)9(10)2/h4-6,8H,7H2,1-3H3,(H,17,18)(H,19,20). The topological polar surface area (TPSA) is 62.2 Å². The first-order chi connectivity index (χ1) is 9.93. The molecule has 2 aromatic rings. The minimum atomic E-state index is -0.810. The van der Waals surface area contributed by atoms with Gasteiger partial charge in [-0.15, -0.1) is 11.3 Å². The van der Waals surface area contributed by atoms with Crippen molar-refractivity contribution in [3.05, 3.63) is 33.7 Å². The van der Waals surface area contributed by atoms with Gasteiger partial charge in [0, 0.05) is 28.4 Å². The van der Waals surface area contributed by atoms with Gasteiger partial charge in [0.05, 0.1) is 12.1 Å². The summed E-state index contributed by atoms with van der Waals surface area (Å²) in [5.74, 6) is -0.911. The van der Waals surface area contributed by atoms with Crippen LogP contribution in [0.25, 0.3) is 11.3 Å². The molecule has 0 aliphatic carbocycles. The minimum absolute atomic E-state index is 0.0813. The van der Waals surface area contributed by atoms with Gasteiger partial charge in [-0.2, -0.15) is 0 Å². The molecule has 1 aromatic carbocycles. The van der Waals surface area contributed by atoms with E-state index in [1.54, 1.807) is 7.05 Å². The summed E-state index contributed by atoms with van der Waals surface area (Å²) in [7, 11) is 1.80. The second-order valence-electron chi connectivity index (χ2n) is 4.89. The summed E-state index contributed by atoms with van der Waals surface area (Å²) in [6.07, 6.45) is 0.0813. The lowest BCUT2D eigenvalue weighted by Crippen LogP contribution is -2.02. The number of carboxylic acids is 1. The van der Waals surface area contributed by atoms with Crippen molar-refractivity contribution in [2.75, 3.05) is 12.4 Å². The fourth-order valence-electron chi connectivity index (χ4n) is 2.18. The van der Waals surface area contributed by atoms with E-state index in [-0.39, 0.29) is 12.3 Å². The van der Waals surface area contributed by atoms with Crippen LogP contribution in [0.5, 0.6) is 0 Å². The lowest BCUT2D eigenvalue weighted by atomic mass is 9.98. The number of nitrogens with one attached hydrogen (secondary N) is 1. The van der Waals surface area contributed by atoms with Crippen LogP contribution in [0.3, 0.4) is 0 Å². The van der Waals surface area contributed by atoms with Crippen LogP contribution in [0, 0.1) is 6.92 Å². The van der Waals surface area contributed by atoms with Gasteiger partial charge < -0.3 is 10.4 Å². The highest BCUT2D eigenvalue weighted by Crippen LogP contribution is 2.39. The molecule has 4 nitrogen and oxygen atoms in total. The Balaban J connectivity index is 2.54. The van der Waals surface area contributed by atoms with Crippen LogP contribution in [-0.2, 0) is 4.79 Å². The van der Waals surface area contributed by atoms with Crippen LogP contribution in [-0.4, -0.2) is 23.1 Å². The first kappa shape index (κ1) is 15.8. The molecule has 21 heavy (non-hydrogen) atoms. The molecule has 0 amide bonds. The minimum Gasteiger partial charge on any atom is -0.481 e. The molecule has 1 atom stereocenters. The number of thiazole rings is 1.